The maximum Gasteiger partial charge on any atom is 0.357 e. The zero-order valence-corrected chi connectivity index (χ0v) is 12.3. The van der Waals surface area contributed by atoms with Gasteiger partial charge < -0.3 is 5.11 Å². The van der Waals surface area contributed by atoms with Gasteiger partial charge in [0.15, 0.2) is 5.69 Å². The van der Waals surface area contributed by atoms with Crippen molar-refractivity contribution in [2.24, 2.45) is 5.41 Å². The van der Waals surface area contributed by atoms with Gasteiger partial charge in [-0.05, 0) is 32.8 Å². The molecule has 0 aliphatic carbocycles. The molecule has 0 aliphatic rings. The van der Waals surface area contributed by atoms with Crippen LogP contribution in [0.3, 0.4) is 0 Å². The molecule has 21 heavy (non-hydrogen) atoms. The topological polar surface area (TPSA) is 78.9 Å². The van der Waals surface area contributed by atoms with E-state index in [-0.39, 0.29) is 11.1 Å². The number of aromatic nitrogens is 2. The van der Waals surface area contributed by atoms with Gasteiger partial charge in [-0.3, -0.25) is 4.68 Å². The summed E-state index contributed by atoms with van der Waals surface area (Å²) < 4.78 is 1.75. The summed E-state index contributed by atoms with van der Waals surface area (Å²) in [4.78, 5) is 11.2. The molecule has 1 N–H and O–H groups in total. The minimum Gasteiger partial charge on any atom is -0.476 e. The first kappa shape index (κ1) is 15.0. The van der Waals surface area contributed by atoms with Crippen molar-refractivity contribution in [1.82, 2.24) is 9.78 Å². The van der Waals surface area contributed by atoms with Crippen molar-refractivity contribution < 1.29 is 9.90 Å². The van der Waals surface area contributed by atoms with Crippen molar-refractivity contribution in [3.8, 4) is 6.07 Å². The molecule has 2 aromatic rings. The zero-order valence-electron chi connectivity index (χ0n) is 12.3. The Morgan fingerprint density at radius 1 is 1.38 bits per heavy atom. The van der Waals surface area contributed by atoms with Crippen molar-refractivity contribution in [3.63, 3.8) is 0 Å². The van der Waals surface area contributed by atoms with Gasteiger partial charge in [0.1, 0.15) is 0 Å². The minimum absolute atomic E-state index is 0.1000. The van der Waals surface area contributed by atoms with Crippen LogP contribution < -0.4 is 0 Å². The molecule has 0 bridgehead atoms. The summed E-state index contributed by atoms with van der Waals surface area (Å²) in [6.45, 7) is 4.52. The lowest BCUT2D eigenvalue weighted by Gasteiger charge is -2.14. The van der Waals surface area contributed by atoms with Gasteiger partial charge in [0.2, 0.25) is 0 Å². The molecule has 0 atom stereocenters. The largest absolute Gasteiger partial charge is 0.476 e. The monoisotopic (exact) mass is 285 g/mol. The Bertz CT molecular complexity index is 695. The predicted octanol–water partition coefficient (Wildman–Crippen LogP) is 3.45. The second-order valence-corrected chi connectivity index (χ2v) is 5.85. The molecule has 5 heteroatoms. The van der Waals surface area contributed by atoms with Gasteiger partial charge in [0.25, 0.3) is 0 Å². The van der Waals surface area contributed by atoms with Crippen molar-refractivity contribution in [2.75, 3.05) is 0 Å². The number of aryl methyl sites for hydroxylation is 1. The average molecular weight is 285 g/mol. The van der Waals surface area contributed by atoms with E-state index in [0.717, 1.165) is 24.8 Å². The van der Waals surface area contributed by atoms with Crippen LogP contribution in [0, 0.1) is 16.7 Å². The number of rotatable bonds is 6. The molecule has 5 nitrogen and oxygen atoms in total. The van der Waals surface area contributed by atoms with Crippen molar-refractivity contribution >= 4 is 16.9 Å². The molecule has 0 saturated heterocycles. The molecule has 110 valence electrons. The van der Waals surface area contributed by atoms with Crippen LogP contribution in [0.5, 0.6) is 0 Å². The Balaban J connectivity index is 2.09. The van der Waals surface area contributed by atoms with E-state index < -0.39 is 5.97 Å². The Labute approximate surface area is 123 Å². The molecule has 0 spiro atoms. The SMILES string of the molecule is CC(C)(C#N)CCCCn1nc(C(=O)O)c2ccccc21. The van der Waals surface area contributed by atoms with E-state index in [1.54, 1.807) is 10.7 Å². The number of aromatic carboxylic acids is 1. The number of nitrogens with zero attached hydrogens (tertiary/aromatic N) is 3. The molecular formula is C16H19N3O2. The molecule has 1 heterocycles. The molecule has 0 radical (unpaired) electrons. The Morgan fingerprint density at radius 3 is 2.76 bits per heavy atom. The summed E-state index contributed by atoms with van der Waals surface area (Å²) in [5.74, 6) is -1.00. The maximum atomic E-state index is 11.2. The second-order valence-electron chi connectivity index (χ2n) is 5.85. The summed E-state index contributed by atoms with van der Waals surface area (Å²) in [6, 6.07) is 9.65. The van der Waals surface area contributed by atoms with E-state index in [1.165, 1.54) is 0 Å². The van der Waals surface area contributed by atoms with Gasteiger partial charge in [-0.25, -0.2) is 4.79 Å². The summed E-state index contributed by atoms with van der Waals surface area (Å²) in [7, 11) is 0. The molecule has 1 aromatic heterocycles. The fourth-order valence-corrected chi connectivity index (χ4v) is 2.34. The van der Waals surface area contributed by atoms with Crippen LogP contribution in [0.4, 0.5) is 0 Å². The number of carbonyl (C=O) groups is 1. The number of hydrogen-bond donors (Lipinski definition) is 1. The second kappa shape index (κ2) is 5.96. The van der Waals surface area contributed by atoms with E-state index in [4.69, 9.17) is 5.26 Å². The van der Waals surface area contributed by atoms with Crippen LogP contribution in [-0.2, 0) is 6.54 Å². The highest BCUT2D eigenvalue weighted by atomic mass is 16.4. The normalized spacial score (nSPS) is 11.5. The van der Waals surface area contributed by atoms with Crippen LogP contribution in [0.25, 0.3) is 10.9 Å². The van der Waals surface area contributed by atoms with E-state index in [1.807, 2.05) is 32.0 Å². The number of para-hydroxylation sites is 1. The molecular weight excluding hydrogens is 266 g/mol. The van der Waals surface area contributed by atoms with E-state index in [9.17, 15) is 9.90 Å². The van der Waals surface area contributed by atoms with Crippen LogP contribution in [-0.4, -0.2) is 20.9 Å². The molecule has 0 amide bonds. The van der Waals surface area contributed by atoms with Gasteiger partial charge in [0, 0.05) is 11.9 Å². The third-order valence-electron chi connectivity index (χ3n) is 3.58. The summed E-state index contributed by atoms with van der Waals surface area (Å²) in [5.41, 5.74) is 0.635. The number of carboxylic acids is 1. The van der Waals surface area contributed by atoms with Crippen molar-refractivity contribution in [2.45, 2.75) is 39.7 Å². The van der Waals surface area contributed by atoms with E-state index >= 15 is 0 Å². The summed E-state index contributed by atoms with van der Waals surface area (Å²) in [6.07, 6.45) is 2.61. The number of unbranched alkanes of at least 4 members (excludes halogenated alkanes) is 1. The third-order valence-corrected chi connectivity index (χ3v) is 3.58. The Morgan fingerprint density at radius 2 is 2.10 bits per heavy atom. The fourth-order valence-electron chi connectivity index (χ4n) is 2.34. The predicted molar refractivity (Wildman–Crippen MR) is 79.9 cm³/mol. The van der Waals surface area contributed by atoms with Crippen LogP contribution in [0.1, 0.15) is 43.6 Å². The molecule has 0 fully saturated rings. The van der Waals surface area contributed by atoms with Crippen molar-refractivity contribution in [3.05, 3.63) is 30.0 Å². The van der Waals surface area contributed by atoms with Crippen LogP contribution in [0.15, 0.2) is 24.3 Å². The van der Waals surface area contributed by atoms with Gasteiger partial charge in [-0.2, -0.15) is 10.4 Å². The molecule has 0 unspecified atom stereocenters. The number of nitriles is 1. The van der Waals surface area contributed by atoms with Crippen LogP contribution in [0.2, 0.25) is 0 Å². The summed E-state index contributed by atoms with van der Waals surface area (Å²) in [5, 5.41) is 23.0. The smallest absolute Gasteiger partial charge is 0.357 e. The first-order chi connectivity index (χ1) is 9.94. The molecule has 0 saturated carbocycles. The Kier molecular flexibility index (Phi) is 4.27. The lowest BCUT2D eigenvalue weighted by molar-refractivity contribution is 0.0691. The van der Waals surface area contributed by atoms with Gasteiger partial charge in [-0.1, -0.05) is 24.6 Å². The number of carboxylic acid groups (broad SMARTS) is 1. The molecule has 1 aromatic carbocycles. The fraction of sp³-hybridized carbons (Fsp3) is 0.438. The molecule has 0 aliphatic heterocycles. The number of benzene rings is 1. The van der Waals surface area contributed by atoms with Gasteiger partial charge >= 0.3 is 5.97 Å². The highest BCUT2D eigenvalue weighted by Gasteiger charge is 2.17. The highest BCUT2D eigenvalue weighted by Crippen LogP contribution is 2.23. The quantitative estimate of drug-likeness (QED) is 0.824. The number of hydrogen-bond acceptors (Lipinski definition) is 3. The average Bonchev–Trinajstić information content (AvgIpc) is 2.83. The maximum absolute atomic E-state index is 11.2. The highest BCUT2D eigenvalue weighted by molar-refractivity contribution is 6.01. The first-order valence-corrected chi connectivity index (χ1v) is 7.05. The lowest BCUT2D eigenvalue weighted by atomic mass is 9.89. The third kappa shape index (κ3) is 3.40. The zero-order chi connectivity index (χ0) is 15.5. The Hall–Kier alpha value is -2.35. The molecule has 2 rings (SSSR count). The van der Waals surface area contributed by atoms with Gasteiger partial charge in [-0.15, -0.1) is 0 Å². The summed E-state index contributed by atoms with van der Waals surface area (Å²) >= 11 is 0. The van der Waals surface area contributed by atoms with Crippen LogP contribution >= 0.6 is 0 Å². The van der Waals surface area contributed by atoms with E-state index in [2.05, 4.69) is 11.2 Å². The first-order valence-electron chi connectivity index (χ1n) is 7.05. The lowest BCUT2D eigenvalue weighted by Crippen LogP contribution is -2.09. The van der Waals surface area contributed by atoms with Gasteiger partial charge in [0.05, 0.1) is 17.0 Å². The van der Waals surface area contributed by atoms with Crippen molar-refractivity contribution in [1.29, 1.82) is 5.26 Å². The standard InChI is InChI=1S/C16H19N3O2/c1-16(2,11-17)9-5-6-10-19-13-8-4-3-7-12(13)14(18-19)15(20)21/h3-4,7-8H,5-6,9-10H2,1-2H3,(H,20,21). The van der Waals surface area contributed by atoms with E-state index in [0.29, 0.717) is 11.9 Å². The number of fused-ring (bicyclic) bond motifs is 1. The minimum atomic E-state index is -1.00.